The topological polar surface area (TPSA) is 55.4 Å². The standard InChI is InChI=1S/C19H23NO3/c21-11-13-1-3-17(4-2-13)23-12-18(22)20-19-8-14-5-15(9-19)7-16(6-14)10-19/h1-4,11,14-16H,5-10,12H2,(H,20,22). The van der Waals surface area contributed by atoms with Crippen LogP contribution in [0.2, 0.25) is 0 Å². The molecule has 4 heteroatoms. The van der Waals surface area contributed by atoms with Crippen LogP contribution in [0.25, 0.3) is 0 Å². The molecule has 0 spiro atoms. The van der Waals surface area contributed by atoms with Gasteiger partial charge in [-0.25, -0.2) is 0 Å². The molecule has 0 aliphatic heterocycles. The molecule has 4 bridgehead atoms. The molecule has 4 aliphatic carbocycles. The Bertz CT molecular complexity index is 572. The van der Waals surface area contributed by atoms with Gasteiger partial charge in [-0.05, 0) is 80.5 Å². The van der Waals surface area contributed by atoms with Crippen molar-refractivity contribution in [3.8, 4) is 5.75 Å². The van der Waals surface area contributed by atoms with Crippen LogP contribution in [0.4, 0.5) is 0 Å². The number of hydrogen-bond acceptors (Lipinski definition) is 3. The van der Waals surface area contributed by atoms with Gasteiger partial charge in [0.25, 0.3) is 5.91 Å². The molecule has 1 aromatic rings. The van der Waals surface area contributed by atoms with Gasteiger partial charge in [0.1, 0.15) is 12.0 Å². The summed E-state index contributed by atoms with van der Waals surface area (Å²) in [5.74, 6) is 3.05. The quantitative estimate of drug-likeness (QED) is 0.850. The molecule has 4 fully saturated rings. The van der Waals surface area contributed by atoms with E-state index in [0.717, 1.165) is 43.3 Å². The molecule has 1 amide bonds. The van der Waals surface area contributed by atoms with E-state index < -0.39 is 0 Å². The van der Waals surface area contributed by atoms with Crippen LogP contribution >= 0.6 is 0 Å². The van der Waals surface area contributed by atoms with Crippen molar-refractivity contribution < 1.29 is 14.3 Å². The van der Waals surface area contributed by atoms with E-state index >= 15 is 0 Å². The highest BCUT2D eigenvalue weighted by Gasteiger charge is 2.51. The van der Waals surface area contributed by atoms with Gasteiger partial charge in [-0.1, -0.05) is 0 Å². The number of carbonyl (C=O) groups excluding carboxylic acids is 2. The Labute approximate surface area is 136 Å². The fraction of sp³-hybridized carbons (Fsp3) is 0.579. The lowest BCUT2D eigenvalue weighted by atomic mass is 9.53. The van der Waals surface area contributed by atoms with Gasteiger partial charge in [0.15, 0.2) is 6.61 Å². The number of carbonyl (C=O) groups is 2. The van der Waals surface area contributed by atoms with Crippen LogP contribution in [-0.2, 0) is 4.79 Å². The van der Waals surface area contributed by atoms with Crippen LogP contribution in [0, 0.1) is 17.8 Å². The van der Waals surface area contributed by atoms with Crippen molar-refractivity contribution >= 4 is 12.2 Å². The van der Waals surface area contributed by atoms with Crippen molar-refractivity contribution in [3.63, 3.8) is 0 Å². The Morgan fingerprint density at radius 3 is 2.17 bits per heavy atom. The predicted octanol–water partition coefficient (Wildman–Crippen LogP) is 2.96. The van der Waals surface area contributed by atoms with Crippen molar-refractivity contribution in [2.75, 3.05) is 6.61 Å². The van der Waals surface area contributed by atoms with Crippen molar-refractivity contribution in [1.82, 2.24) is 5.32 Å². The summed E-state index contributed by atoms with van der Waals surface area (Å²) >= 11 is 0. The minimum absolute atomic E-state index is 0.0218. The zero-order chi connectivity index (χ0) is 15.9. The van der Waals surface area contributed by atoms with Gasteiger partial charge in [-0.3, -0.25) is 9.59 Å². The summed E-state index contributed by atoms with van der Waals surface area (Å²) in [6.07, 6.45) is 8.36. The average molecular weight is 313 g/mol. The molecule has 23 heavy (non-hydrogen) atoms. The zero-order valence-corrected chi connectivity index (χ0v) is 13.3. The second-order valence-corrected chi connectivity index (χ2v) is 7.72. The van der Waals surface area contributed by atoms with Gasteiger partial charge >= 0.3 is 0 Å². The number of rotatable bonds is 5. The molecule has 0 unspecified atom stereocenters. The van der Waals surface area contributed by atoms with Crippen LogP contribution in [-0.4, -0.2) is 24.3 Å². The summed E-state index contributed by atoms with van der Waals surface area (Å²) in [4.78, 5) is 23.0. The molecule has 0 aromatic heterocycles. The first-order valence-corrected chi connectivity index (χ1v) is 8.63. The van der Waals surface area contributed by atoms with Crippen LogP contribution in [0.1, 0.15) is 48.9 Å². The molecule has 0 radical (unpaired) electrons. The lowest BCUT2D eigenvalue weighted by Gasteiger charge is -2.56. The predicted molar refractivity (Wildman–Crippen MR) is 86.4 cm³/mol. The number of nitrogens with one attached hydrogen (secondary N) is 1. The maximum absolute atomic E-state index is 12.3. The molecule has 1 N–H and O–H groups in total. The fourth-order valence-corrected chi connectivity index (χ4v) is 5.39. The lowest BCUT2D eigenvalue weighted by Crippen LogP contribution is -2.60. The molecule has 122 valence electrons. The van der Waals surface area contributed by atoms with Crippen LogP contribution < -0.4 is 10.1 Å². The largest absolute Gasteiger partial charge is 0.484 e. The van der Waals surface area contributed by atoms with Crippen LogP contribution in [0.15, 0.2) is 24.3 Å². The molecular weight excluding hydrogens is 290 g/mol. The monoisotopic (exact) mass is 313 g/mol. The maximum Gasteiger partial charge on any atom is 0.258 e. The van der Waals surface area contributed by atoms with E-state index in [1.54, 1.807) is 24.3 Å². The maximum atomic E-state index is 12.3. The Balaban J connectivity index is 1.34. The molecule has 0 atom stereocenters. The first kappa shape index (κ1) is 14.7. The van der Waals surface area contributed by atoms with E-state index in [-0.39, 0.29) is 18.1 Å². The smallest absolute Gasteiger partial charge is 0.258 e. The highest BCUT2D eigenvalue weighted by atomic mass is 16.5. The number of benzene rings is 1. The number of amides is 1. The Hall–Kier alpha value is -1.84. The van der Waals surface area contributed by atoms with Crippen LogP contribution in [0.3, 0.4) is 0 Å². The first-order valence-electron chi connectivity index (χ1n) is 8.63. The molecule has 4 aliphatic rings. The molecule has 0 heterocycles. The summed E-state index contributed by atoms with van der Waals surface area (Å²) < 4.78 is 5.55. The highest BCUT2D eigenvalue weighted by Crippen LogP contribution is 2.55. The highest BCUT2D eigenvalue weighted by molar-refractivity contribution is 5.78. The van der Waals surface area contributed by atoms with Crippen molar-refractivity contribution in [2.24, 2.45) is 17.8 Å². The SMILES string of the molecule is O=Cc1ccc(OCC(=O)NC23CC4CC(CC(C4)C2)C3)cc1. The van der Waals surface area contributed by atoms with E-state index in [4.69, 9.17) is 4.74 Å². The van der Waals surface area contributed by atoms with E-state index in [1.807, 2.05) is 0 Å². The molecule has 4 saturated carbocycles. The molecule has 5 rings (SSSR count). The van der Waals surface area contributed by atoms with Gasteiger partial charge < -0.3 is 10.1 Å². The Kier molecular flexibility index (Phi) is 3.63. The Morgan fingerprint density at radius 2 is 1.65 bits per heavy atom. The molecule has 0 saturated heterocycles. The van der Waals surface area contributed by atoms with Gasteiger partial charge in [0.2, 0.25) is 0 Å². The summed E-state index contributed by atoms with van der Waals surface area (Å²) in [7, 11) is 0. The van der Waals surface area contributed by atoms with Crippen molar-refractivity contribution in [2.45, 2.75) is 44.1 Å². The van der Waals surface area contributed by atoms with E-state index in [2.05, 4.69) is 5.32 Å². The van der Waals surface area contributed by atoms with E-state index in [0.29, 0.717) is 11.3 Å². The summed E-state index contributed by atoms with van der Waals surface area (Å²) in [6, 6.07) is 6.84. The zero-order valence-electron chi connectivity index (χ0n) is 13.3. The van der Waals surface area contributed by atoms with Crippen molar-refractivity contribution in [3.05, 3.63) is 29.8 Å². The summed E-state index contributed by atoms with van der Waals surface area (Å²) in [5, 5.41) is 3.30. The molecule has 4 nitrogen and oxygen atoms in total. The van der Waals surface area contributed by atoms with Gasteiger partial charge in [-0.15, -0.1) is 0 Å². The van der Waals surface area contributed by atoms with Gasteiger partial charge in [-0.2, -0.15) is 0 Å². The minimum Gasteiger partial charge on any atom is -0.484 e. The third kappa shape index (κ3) is 2.99. The third-order valence-corrected chi connectivity index (χ3v) is 5.83. The normalized spacial score (nSPS) is 34.2. The summed E-state index contributed by atoms with van der Waals surface area (Å²) in [6.45, 7) is 0.0438. The minimum atomic E-state index is -0.0218. The number of hydrogen-bond donors (Lipinski definition) is 1. The summed E-state index contributed by atoms with van der Waals surface area (Å²) in [5.41, 5.74) is 0.645. The molecule has 1 aromatic carbocycles. The number of aldehydes is 1. The van der Waals surface area contributed by atoms with Gasteiger partial charge in [0, 0.05) is 11.1 Å². The average Bonchev–Trinajstić information content (AvgIpc) is 2.51. The lowest BCUT2D eigenvalue weighted by molar-refractivity contribution is -0.128. The van der Waals surface area contributed by atoms with E-state index in [9.17, 15) is 9.59 Å². The molecular formula is C19H23NO3. The second kappa shape index (κ2) is 5.66. The van der Waals surface area contributed by atoms with Crippen LogP contribution in [0.5, 0.6) is 5.75 Å². The Morgan fingerprint density at radius 1 is 1.09 bits per heavy atom. The first-order chi connectivity index (χ1) is 11.1. The van der Waals surface area contributed by atoms with Crippen molar-refractivity contribution in [1.29, 1.82) is 0 Å². The second-order valence-electron chi connectivity index (χ2n) is 7.72. The van der Waals surface area contributed by atoms with E-state index in [1.165, 1.54) is 19.3 Å². The van der Waals surface area contributed by atoms with Gasteiger partial charge in [0.05, 0.1) is 0 Å². The fourth-order valence-electron chi connectivity index (χ4n) is 5.39. The third-order valence-electron chi connectivity index (χ3n) is 5.83. The number of ether oxygens (including phenoxy) is 1.